The number of halogens is 2. The Kier molecular flexibility index (Phi) is 6.81. The number of amides is 2. The van der Waals surface area contributed by atoms with Gasteiger partial charge >= 0.3 is 12.1 Å². The van der Waals surface area contributed by atoms with Gasteiger partial charge in [0.15, 0.2) is 5.82 Å². The number of carbonyl (C=O) groups is 1. The summed E-state index contributed by atoms with van der Waals surface area (Å²) in [5.74, 6) is 0.261. The maximum Gasteiger partial charge on any atom is 0.334 e. The standard InChI is InChI=1S/C26H42F2N6O2/c1-16(2)32-10-12-33(13-11-32)20-15-25(4,23-30-22(36-31-23)19-14-17(19)3)21(18-8-6-5-7-9-18)26(27,28)34(20)24(29)35/h16-21H,5-15H2,1-4H3,(H2,29,35)/t17-,19+,20-,21?,25?/m0/s1. The maximum absolute atomic E-state index is 16.7. The second-order valence-corrected chi connectivity index (χ2v) is 12.2. The number of primary amides is 1. The molecule has 202 valence electrons. The molecule has 2 unspecified atom stereocenters. The van der Waals surface area contributed by atoms with E-state index in [1.165, 1.54) is 0 Å². The van der Waals surface area contributed by atoms with Crippen molar-refractivity contribution >= 4 is 6.03 Å². The predicted octanol–water partition coefficient (Wildman–Crippen LogP) is 4.38. The van der Waals surface area contributed by atoms with E-state index in [9.17, 15) is 4.79 Å². The number of piperidine rings is 1. The molecule has 2 amide bonds. The number of likely N-dealkylation sites (tertiary alicyclic amines) is 1. The summed E-state index contributed by atoms with van der Waals surface area (Å²) >= 11 is 0. The van der Waals surface area contributed by atoms with Gasteiger partial charge in [0.2, 0.25) is 5.89 Å². The second-order valence-electron chi connectivity index (χ2n) is 12.2. The summed E-state index contributed by atoms with van der Waals surface area (Å²) in [6, 6.07) is -4.09. The van der Waals surface area contributed by atoms with Crippen LogP contribution >= 0.6 is 0 Å². The molecule has 5 atom stereocenters. The number of piperazine rings is 1. The van der Waals surface area contributed by atoms with Crippen molar-refractivity contribution in [3.05, 3.63) is 11.7 Å². The van der Waals surface area contributed by atoms with E-state index in [4.69, 9.17) is 15.2 Å². The van der Waals surface area contributed by atoms with Gasteiger partial charge in [0.1, 0.15) is 0 Å². The lowest BCUT2D eigenvalue weighted by atomic mass is 9.60. The number of aromatic nitrogens is 2. The first kappa shape index (κ1) is 25.8. The summed E-state index contributed by atoms with van der Waals surface area (Å²) in [5, 5.41) is 4.32. The van der Waals surface area contributed by atoms with Crippen LogP contribution < -0.4 is 5.73 Å². The van der Waals surface area contributed by atoms with Crippen LogP contribution in [0.4, 0.5) is 13.6 Å². The van der Waals surface area contributed by atoms with Gasteiger partial charge in [-0.2, -0.15) is 13.8 Å². The molecule has 2 saturated carbocycles. The van der Waals surface area contributed by atoms with Crippen LogP contribution in [0.15, 0.2) is 4.52 Å². The molecule has 0 bridgehead atoms. The highest BCUT2D eigenvalue weighted by molar-refractivity contribution is 5.73. The molecule has 5 rings (SSSR count). The SMILES string of the molecule is CC(C)N1CCN([C@@H]2CC(C)(c3noc([C@@H]4C[C@@H]4C)n3)C(C3CCCCC3)C(F)(F)N2C(N)=O)CC1. The van der Waals surface area contributed by atoms with E-state index in [0.717, 1.165) is 38.8 Å². The van der Waals surface area contributed by atoms with Crippen molar-refractivity contribution < 1.29 is 18.1 Å². The molecular formula is C26H42F2N6O2. The predicted molar refractivity (Wildman–Crippen MR) is 131 cm³/mol. The van der Waals surface area contributed by atoms with E-state index in [1.54, 1.807) is 0 Å². The molecule has 4 aliphatic rings. The first-order chi connectivity index (χ1) is 17.0. The van der Waals surface area contributed by atoms with Crippen molar-refractivity contribution in [3.8, 4) is 0 Å². The Bertz CT molecular complexity index is 943. The largest absolute Gasteiger partial charge is 0.351 e. The molecule has 4 fully saturated rings. The summed E-state index contributed by atoms with van der Waals surface area (Å²) in [4.78, 5) is 22.5. The fraction of sp³-hybridized carbons (Fsp3) is 0.885. The third-order valence-corrected chi connectivity index (χ3v) is 9.52. The molecule has 2 aliphatic heterocycles. The molecule has 0 radical (unpaired) electrons. The number of urea groups is 1. The average molecular weight is 509 g/mol. The Morgan fingerprint density at radius 2 is 1.78 bits per heavy atom. The normalized spacial score (nSPS) is 36.4. The van der Waals surface area contributed by atoms with Gasteiger partial charge in [0, 0.05) is 43.6 Å². The van der Waals surface area contributed by atoms with E-state index >= 15 is 8.78 Å². The van der Waals surface area contributed by atoms with Crippen molar-refractivity contribution in [2.75, 3.05) is 26.2 Å². The molecule has 1 aromatic rings. The molecule has 2 saturated heterocycles. The summed E-state index contributed by atoms with van der Waals surface area (Å²) in [6.07, 6.45) is 4.79. The van der Waals surface area contributed by atoms with Crippen LogP contribution in [0.25, 0.3) is 0 Å². The summed E-state index contributed by atoms with van der Waals surface area (Å²) in [5.41, 5.74) is 4.68. The molecule has 0 spiro atoms. The molecule has 10 heteroatoms. The monoisotopic (exact) mass is 508 g/mol. The van der Waals surface area contributed by atoms with Crippen LogP contribution in [0, 0.1) is 17.8 Å². The van der Waals surface area contributed by atoms with Gasteiger partial charge in [0.25, 0.3) is 0 Å². The van der Waals surface area contributed by atoms with Crippen LogP contribution in [0.1, 0.15) is 90.3 Å². The number of rotatable bonds is 5. The van der Waals surface area contributed by atoms with Crippen LogP contribution in [-0.4, -0.2) is 75.3 Å². The fourth-order valence-corrected chi connectivity index (χ4v) is 7.25. The summed E-state index contributed by atoms with van der Waals surface area (Å²) < 4.78 is 39.0. The molecular weight excluding hydrogens is 466 g/mol. The first-order valence-electron chi connectivity index (χ1n) is 13.8. The topological polar surface area (TPSA) is 91.7 Å². The Hall–Kier alpha value is -1.81. The molecule has 1 aromatic heterocycles. The highest BCUT2D eigenvalue weighted by atomic mass is 19.3. The zero-order valence-corrected chi connectivity index (χ0v) is 22.1. The Balaban J connectivity index is 1.53. The summed E-state index contributed by atoms with van der Waals surface area (Å²) in [6.45, 7) is 11.0. The van der Waals surface area contributed by atoms with Crippen molar-refractivity contribution in [1.29, 1.82) is 0 Å². The number of nitrogens with zero attached hydrogens (tertiary/aromatic N) is 5. The van der Waals surface area contributed by atoms with E-state index in [0.29, 0.717) is 60.9 Å². The summed E-state index contributed by atoms with van der Waals surface area (Å²) in [7, 11) is 0. The van der Waals surface area contributed by atoms with Gasteiger partial charge in [-0.1, -0.05) is 38.3 Å². The Labute approximate surface area is 212 Å². The zero-order valence-electron chi connectivity index (χ0n) is 22.1. The fourth-order valence-electron chi connectivity index (χ4n) is 7.25. The lowest BCUT2D eigenvalue weighted by molar-refractivity contribution is -0.259. The number of hydrogen-bond acceptors (Lipinski definition) is 6. The van der Waals surface area contributed by atoms with Crippen molar-refractivity contribution in [2.45, 2.75) is 102 Å². The smallest absolute Gasteiger partial charge is 0.334 e. The van der Waals surface area contributed by atoms with E-state index in [1.807, 2.05) is 11.8 Å². The van der Waals surface area contributed by atoms with Gasteiger partial charge in [-0.3, -0.25) is 9.80 Å². The van der Waals surface area contributed by atoms with Crippen LogP contribution in [0.2, 0.25) is 0 Å². The minimum Gasteiger partial charge on any atom is -0.351 e. The second kappa shape index (κ2) is 9.49. The quantitative estimate of drug-likeness (QED) is 0.594. The minimum absolute atomic E-state index is 0.217. The number of hydrogen-bond donors (Lipinski definition) is 1. The van der Waals surface area contributed by atoms with Gasteiger partial charge < -0.3 is 10.3 Å². The lowest BCUT2D eigenvalue weighted by Gasteiger charge is -2.58. The lowest BCUT2D eigenvalue weighted by Crippen LogP contribution is -2.72. The van der Waals surface area contributed by atoms with Crippen LogP contribution in [0.5, 0.6) is 0 Å². The molecule has 3 heterocycles. The Morgan fingerprint density at radius 3 is 2.33 bits per heavy atom. The third-order valence-electron chi connectivity index (χ3n) is 9.52. The highest BCUT2D eigenvalue weighted by Gasteiger charge is 2.66. The number of carbonyl (C=O) groups excluding carboxylic acids is 1. The van der Waals surface area contributed by atoms with Crippen molar-refractivity contribution in [2.24, 2.45) is 23.5 Å². The average Bonchev–Trinajstić information content (AvgIpc) is 3.34. The van der Waals surface area contributed by atoms with Crippen LogP contribution in [0.3, 0.4) is 0 Å². The van der Waals surface area contributed by atoms with Crippen molar-refractivity contribution in [1.82, 2.24) is 24.8 Å². The Morgan fingerprint density at radius 1 is 1.14 bits per heavy atom. The maximum atomic E-state index is 16.7. The van der Waals surface area contributed by atoms with Gasteiger partial charge in [-0.05, 0) is 51.4 Å². The van der Waals surface area contributed by atoms with E-state index < -0.39 is 29.6 Å². The zero-order chi connectivity index (χ0) is 25.8. The molecule has 2 N–H and O–H groups in total. The third kappa shape index (κ3) is 4.42. The molecule has 2 aliphatic carbocycles. The molecule has 0 aromatic carbocycles. The van der Waals surface area contributed by atoms with E-state index in [2.05, 4.69) is 30.8 Å². The molecule has 8 nitrogen and oxygen atoms in total. The van der Waals surface area contributed by atoms with Gasteiger partial charge in [-0.15, -0.1) is 0 Å². The molecule has 36 heavy (non-hydrogen) atoms. The van der Waals surface area contributed by atoms with E-state index in [-0.39, 0.29) is 11.8 Å². The number of nitrogens with two attached hydrogens (primary N) is 1. The van der Waals surface area contributed by atoms with Crippen LogP contribution in [-0.2, 0) is 5.41 Å². The first-order valence-corrected chi connectivity index (χ1v) is 13.8. The van der Waals surface area contributed by atoms with Gasteiger partial charge in [-0.25, -0.2) is 9.69 Å². The van der Waals surface area contributed by atoms with Gasteiger partial charge in [0.05, 0.1) is 12.1 Å². The highest BCUT2D eigenvalue weighted by Crippen LogP contribution is 2.57. The number of alkyl halides is 2. The van der Waals surface area contributed by atoms with Crippen molar-refractivity contribution in [3.63, 3.8) is 0 Å². The minimum atomic E-state index is -3.42.